The number of carbonyl (C=O) groups excluding carboxylic acids is 2. The molecule has 0 bridgehead atoms. The van der Waals surface area contributed by atoms with E-state index in [1.54, 1.807) is 0 Å². The molecule has 0 unspecified atom stereocenters. The third kappa shape index (κ3) is 3.43. The van der Waals surface area contributed by atoms with Crippen LogP contribution in [-0.4, -0.2) is 42.4 Å². The van der Waals surface area contributed by atoms with E-state index < -0.39 is 38.1 Å². The van der Waals surface area contributed by atoms with Gasteiger partial charge in [0.1, 0.15) is 11.4 Å². The number of hydrogen-bond donors (Lipinski definition) is 0. The van der Waals surface area contributed by atoms with Crippen molar-refractivity contribution < 1.29 is 27.3 Å². The summed E-state index contributed by atoms with van der Waals surface area (Å²) < 4.78 is 37.4. The third-order valence-corrected chi connectivity index (χ3v) is 5.96. The lowest BCUT2D eigenvalue weighted by atomic mass is 10.1. The highest BCUT2D eigenvalue weighted by Crippen LogP contribution is 2.30. The number of amides is 2. The number of rotatable bonds is 6. The lowest BCUT2D eigenvalue weighted by Crippen LogP contribution is -2.31. The number of nitrogens with zero attached hydrogens (tertiary/aromatic N) is 2. The molecule has 0 atom stereocenters. The van der Waals surface area contributed by atoms with Gasteiger partial charge in [0, 0.05) is 12.6 Å². The van der Waals surface area contributed by atoms with Crippen molar-refractivity contribution >= 4 is 27.3 Å². The average molecular weight is 392 g/mol. The molecule has 3 rings (SSSR count). The summed E-state index contributed by atoms with van der Waals surface area (Å²) in [6.45, 7) is -0.204. The fourth-order valence-corrected chi connectivity index (χ4v) is 4.14. The molecular weight excluding hydrogens is 379 g/mol. The van der Waals surface area contributed by atoms with Crippen molar-refractivity contribution in [2.75, 3.05) is 12.3 Å². The first-order valence-electron chi connectivity index (χ1n) is 7.84. The molecule has 0 radical (unpaired) electrons. The van der Waals surface area contributed by atoms with Gasteiger partial charge in [0.25, 0.3) is 17.5 Å². The minimum Gasteiger partial charge on any atom is -0.274 e. The summed E-state index contributed by atoms with van der Waals surface area (Å²) in [5.74, 6) is -2.45. The predicted octanol–water partition coefficient (Wildman–Crippen LogP) is 2.19. The summed E-state index contributed by atoms with van der Waals surface area (Å²) in [7, 11) is -3.72. The molecule has 0 N–H and O–H groups in total. The third-order valence-electron chi connectivity index (χ3n) is 4.14. The first kappa shape index (κ1) is 18.6. The van der Waals surface area contributed by atoms with Gasteiger partial charge < -0.3 is 0 Å². The van der Waals surface area contributed by atoms with Gasteiger partial charge in [-0.3, -0.25) is 24.6 Å². The maximum atomic E-state index is 12.9. The van der Waals surface area contributed by atoms with Crippen LogP contribution in [0.3, 0.4) is 0 Å². The molecule has 0 spiro atoms. The maximum absolute atomic E-state index is 12.9. The Morgan fingerprint density at radius 3 is 2.33 bits per heavy atom. The highest BCUT2D eigenvalue weighted by atomic mass is 32.2. The SMILES string of the molecule is O=C1c2cccc([N+](=O)[O-])c2C(=O)N1CCCS(=O)(=O)c1ccc(F)cc1. The molecule has 2 aromatic carbocycles. The summed E-state index contributed by atoms with van der Waals surface area (Å²) >= 11 is 0. The molecule has 8 nitrogen and oxygen atoms in total. The molecule has 0 aromatic heterocycles. The fraction of sp³-hybridized carbons (Fsp3) is 0.176. The zero-order chi connectivity index (χ0) is 19.8. The van der Waals surface area contributed by atoms with Gasteiger partial charge in [0.2, 0.25) is 0 Å². The van der Waals surface area contributed by atoms with Crippen molar-refractivity contribution in [3.8, 4) is 0 Å². The minimum absolute atomic E-state index is 0.0566. The molecule has 1 aliphatic heterocycles. The van der Waals surface area contributed by atoms with Crippen molar-refractivity contribution in [3.05, 3.63) is 69.5 Å². The van der Waals surface area contributed by atoms with Gasteiger partial charge in [-0.25, -0.2) is 12.8 Å². The molecule has 140 valence electrons. The van der Waals surface area contributed by atoms with Crippen LogP contribution in [0, 0.1) is 15.9 Å². The maximum Gasteiger partial charge on any atom is 0.282 e. The molecule has 0 saturated carbocycles. The Hall–Kier alpha value is -3.14. The number of fused-ring (bicyclic) bond motifs is 1. The van der Waals surface area contributed by atoms with Crippen LogP contribution in [-0.2, 0) is 9.84 Å². The van der Waals surface area contributed by atoms with E-state index >= 15 is 0 Å². The molecule has 10 heteroatoms. The molecule has 0 aliphatic carbocycles. The number of hydrogen-bond acceptors (Lipinski definition) is 6. The highest BCUT2D eigenvalue weighted by molar-refractivity contribution is 7.91. The normalized spacial score (nSPS) is 13.7. The predicted molar refractivity (Wildman–Crippen MR) is 91.5 cm³/mol. The number of sulfone groups is 1. The monoisotopic (exact) mass is 392 g/mol. The standard InChI is InChI=1S/C17H13FN2O6S/c18-11-5-7-12(8-6-11)27(25,26)10-2-9-19-16(21)13-3-1-4-14(20(23)24)15(13)17(19)22/h1,3-8H,2,9-10H2. The van der Waals surface area contributed by atoms with Crippen LogP contribution >= 0.6 is 0 Å². The largest absolute Gasteiger partial charge is 0.282 e. The van der Waals surface area contributed by atoms with Gasteiger partial charge >= 0.3 is 0 Å². The van der Waals surface area contributed by atoms with Crippen LogP contribution in [0.2, 0.25) is 0 Å². The minimum atomic E-state index is -3.72. The van der Waals surface area contributed by atoms with Gasteiger partial charge in [0.05, 0.1) is 21.1 Å². The Morgan fingerprint density at radius 2 is 1.70 bits per heavy atom. The summed E-state index contributed by atoms with van der Waals surface area (Å²) in [4.78, 5) is 35.8. The highest BCUT2D eigenvalue weighted by Gasteiger charge is 2.40. The lowest BCUT2D eigenvalue weighted by Gasteiger charge is -2.13. The topological polar surface area (TPSA) is 115 Å². The average Bonchev–Trinajstić information content (AvgIpc) is 2.87. The number of halogens is 1. The van der Waals surface area contributed by atoms with Crippen LogP contribution in [0.5, 0.6) is 0 Å². The number of benzene rings is 2. The molecular formula is C17H13FN2O6S. The number of carbonyl (C=O) groups is 2. The molecule has 1 aliphatic rings. The second kappa shape index (κ2) is 6.88. The Labute approximate surface area is 153 Å². The molecule has 1 heterocycles. The Bertz CT molecular complexity index is 1050. The van der Waals surface area contributed by atoms with Crippen LogP contribution in [0.4, 0.5) is 10.1 Å². The Balaban J connectivity index is 1.73. The summed E-state index contributed by atoms with van der Waals surface area (Å²) in [5.41, 5.74) is -0.822. The fourth-order valence-electron chi connectivity index (χ4n) is 2.84. The summed E-state index contributed by atoms with van der Waals surface area (Å²) in [5, 5.41) is 11.1. The first-order valence-corrected chi connectivity index (χ1v) is 9.49. The summed E-state index contributed by atoms with van der Waals surface area (Å²) in [6.07, 6.45) is -0.0566. The van der Waals surface area contributed by atoms with Crippen molar-refractivity contribution in [2.24, 2.45) is 0 Å². The molecule has 0 saturated heterocycles. The number of imide groups is 1. The zero-order valence-corrected chi connectivity index (χ0v) is 14.6. The quantitative estimate of drug-likeness (QED) is 0.322. The van der Waals surface area contributed by atoms with Gasteiger partial charge in [-0.2, -0.15) is 0 Å². The van der Waals surface area contributed by atoms with E-state index in [9.17, 15) is 32.5 Å². The van der Waals surface area contributed by atoms with Crippen LogP contribution in [0.25, 0.3) is 0 Å². The first-order chi connectivity index (χ1) is 12.7. The van der Waals surface area contributed by atoms with Crippen molar-refractivity contribution in [3.63, 3.8) is 0 Å². The van der Waals surface area contributed by atoms with E-state index in [-0.39, 0.29) is 34.7 Å². The van der Waals surface area contributed by atoms with E-state index in [2.05, 4.69) is 0 Å². The van der Waals surface area contributed by atoms with Gasteiger partial charge in [-0.15, -0.1) is 0 Å². The lowest BCUT2D eigenvalue weighted by molar-refractivity contribution is -0.385. The number of nitro benzene ring substituents is 1. The molecule has 0 fully saturated rings. The van der Waals surface area contributed by atoms with Crippen LogP contribution < -0.4 is 0 Å². The second-order valence-corrected chi connectivity index (χ2v) is 7.95. The van der Waals surface area contributed by atoms with Crippen molar-refractivity contribution in [1.29, 1.82) is 0 Å². The van der Waals surface area contributed by atoms with E-state index in [1.807, 2.05) is 0 Å². The van der Waals surface area contributed by atoms with E-state index in [4.69, 9.17) is 0 Å². The summed E-state index contributed by atoms with van der Waals surface area (Å²) in [6, 6.07) is 8.08. The van der Waals surface area contributed by atoms with E-state index in [1.165, 1.54) is 12.1 Å². The molecule has 27 heavy (non-hydrogen) atoms. The Kier molecular flexibility index (Phi) is 4.75. The molecule has 2 aromatic rings. The molecule has 2 amide bonds. The van der Waals surface area contributed by atoms with E-state index in [0.717, 1.165) is 35.2 Å². The zero-order valence-electron chi connectivity index (χ0n) is 13.8. The van der Waals surface area contributed by atoms with Gasteiger partial charge in [-0.1, -0.05) is 6.07 Å². The van der Waals surface area contributed by atoms with Crippen molar-refractivity contribution in [1.82, 2.24) is 4.90 Å². The smallest absolute Gasteiger partial charge is 0.274 e. The van der Waals surface area contributed by atoms with E-state index in [0.29, 0.717) is 0 Å². The van der Waals surface area contributed by atoms with Crippen LogP contribution in [0.15, 0.2) is 47.4 Å². The van der Waals surface area contributed by atoms with Gasteiger partial charge in [-0.05, 0) is 36.8 Å². The van der Waals surface area contributed by atoms with Crippen LogP contribution in [0.1, 0.15) is 27.1 Å². The van der Waals surface area contributed by atoms with Crippen molar-refractivity contribution in [2.45, 2.75) is 11.3 Å². The van der Waals surface area contributed by atoms with Gasteiger partial charge in [0.15, 0.2) is 9.84 Å². The second-order valence-electron chi connectivity index (χ2n) is 5.85. The number of nitro groups is 1. The Morgan fingerprint density at radius 1 is 1.04 bits per heavy atom.